The van der Waals surface area contributed by atoms with Crippen molar-refractivity contribution in [3.05, 3.63) is 59.4 Å². The van der Waals surface area contributed by atoms with Gasteiger partial charge >= 0.3 is 0 Å². The number of carbonyl (C=O) groups is 2. The third kappa shape index (κ3) is 4.79. The summed E-state index contributed by atoms with van der Waals surface area (Å²) in [5.74, 6) is -0.765. The first-order valence-corrected chi connectivity index (χ1v) is 8.22. The van der Waals surface area contributed by atoms with Gasteiger partial charge in [0.05, 0.1) is 6.54 Å². The maximum Gasteiger partial charge on any atom is 0.251 e. The molecule has 6 heteroatoms. The number of carbonyl (C=O) groups excluding carboxylic acids is 2. The van der Waals surface area contributed by atoms with E-state index in [0.29, 0.717) is 16.9 Å². The van der Waals surface area contributed by atoms with Crippen LogP contribution < -0.4 is 16.0 Å². The van der Waals surface area contributed by atoms with Crippen LogP contribution in [0.4, 0.5) is 15.8 Å². The lowest BCUT2D eigenvalue weighted by molar-refractivity contribution is -0.114. The Bertz CT molecular complexity index is 803. The highest BCUT2D eigenvalue weighted by atomic mass is 19.1. The number of benzene rings is 2. The first kappa shape index (κ1) is 17.0. The zero-order valence-corrected chi connectivity index (χ0v) is 13.9. The van der Waals surface area contributed by atoms with Gasteiger partial charge in [0.1, 0.15) is 5.82 Å². The summed E-state index contributed by atoms with van der Waals surface area (Å²) < 4.78 is 13.3. The number of hydrogen-bond donors (Lipinski definition) is 3. The van der Waals surface area contributed by atoms with Crippen LogP contribution in [0.3, 0.4) is 0 Å². The third-order valence-electron chi connectivity index (χ3n) is 3.96. The van der Waals surface area contributed by atoms with Crippen LogP contribution in [0.2, 0.25) is 0 Å². The van der Waals surface area contributed by atoms with Gasteiger partial charge in [-0.3, -0.25) is 9.59 Å². The van der Waals surface area contributed by atoms with E-state index >= 15 is 0 Å². The Morgan fingerprint density at radius 2 is 1.96 bits per heavy atom. The topological polar surface area (TPSA) is 70.2 Å². The molecule has 0 aliphatic heterocycles. The van der Waals surface area contributed by atoms with E-state index in [4.69, 9.17) is 0 Å². The van der Waals surface area contributed by atoms with Crippen molar-refractivity contribution in [3.8, 4) is 0 Å². The monoisotopic (exact) mass is 341 g/mol. The molecule has 5 nitrogen and oxygen atoms in total. The van der Waals surface area contributed by atoms with E-state index in [1.807, 2.05) is 6.92 Å². The minimum absolute atomic E-state index is 0.00277. The van der Waals surface area contributed by atoms with Gasteiger partial charge in [-0.25, -0.2) is 4.39 Å². The lowest BCUT2D eigenvalue weighted by Gasteiger charge is -2.11. The van der Waals surface area contributed by atoms with Crippen molar-refractivity contribution in [2.75, 3.05) is 17.2 Å². The predicted molar refractivity (Wildman–Crippen MR) is 95.2 cm³/mol. The summed E-state index contributed by atoms with van der Waals surface area (Å²) in [6.45, 7) is 1.84. The molecule has 0 radical (unpaired) electrons. The Labute approximate surface area is 145 Å². The van der Waals surface area contributed by atoms with Gasteiger partial charge in [-0.05, 0) is 55.7 Å². The highest BCUT2D eigenvalue weighted by Crippen LogP contribution is 2.20. The van der Waals surface area contributed by atoms with Crippen molar-refractivity contribution in [2.45, 2.75) is 25.8 Å². The summed E-state index contributed by atoms with van der Waals surface area (Å²) in [4.78, 5) is 24.1. The first-order valence-electron chi connectivity index (χ1n) is 8.22. The molecule has 3 N–H and O–H groups in total. The minimum Gasteiger partial charge on any atom is -0.376 e. The van der Waals surface area contributed by atoms with Gasteiger partial charge in [-0.15, -0.1) is 0 Å². The van der Waals surface area contributed by atoms with Crippen molar-refractivity contribution in [3.63, 3.8) is 0 Å². The summed E-state index contributed by atoms with van der Waals surface area (Å²) in [6.07, 6.45) is 2.04. The number of rotatable bonds is 6. The quantitative estimate of drug-likeness (QED) is 0.756. The van der Waals surface area contributed by atoms with Gasteiger partial charge < -0.3 is 16.0 Å². The molecule has 0 bridgehead atoms. The van der Waals surface area contributed by atoms with Crippen molar-refractivity contribution in [2.24, 2.45) is 0 Å². The fourth-order valence-electron chi connectivity index (χ4n) is 2.40. The molecule has 0 heterocycles. The summed E-state index contributed by atoms with van der Waals surface area (Å²) in [7, 11) is 0. The SMILES string of the molecule is Cc1ccc(F)cc1NCC(=O)Nc1cccc(C(=O)NC2CC2)c1. The fourth-order valence-corrected chi connectivity index (χ4v) is 2.40. The molecular formula is C19H20FN3O2. The second-order valence-corrected chi connectivity index (χ2v) is 6.19. The highest BCUT2D eigenvalue weighted by molar-refractivity contribution is 5.98. The van der Waals surface area contributed by atoms with Crippen LogP contribution in [-0.4, -0.2) is 24.4 Å². The second kappa shape index (κ2) is 7.34. The summed E-state index contributed by atoms with van der Waals surface area (Å²) >= 11 is 0. The smallest absolute Gasteiger partial charge is 0.251 e. The van der Waals surface area contributed by atoms with E-state index in [1.165, 1.54) is 12.1 Å². The Hall–Kier alpha value is -2.89. The van der Waals surface area contributed by atoms with Crippen molar-refractivity contribution in [1.29, 1.82) is 0 Å². The third-order valence-corrected chi connectivity index (χ3v) is 3.96. The fraction of sp³-hybridized carbons (Fsp3) is 0.263. The molecule has 25 heavy (non-hydrogen) atoms. The zero-order chi connectivity index (χ0) is 17.8. The van der Waals surface area contributed by atoms with Crippen molar-refractivity contribution >= 4 is 23.2 Å². The van der Waals surface area contributed by atoms with E-state index in [9.17, 15) is 14.0 Å². The normalized spacial score (nSPS) is 13.2. The first-order chi connectivity index (χ1) is 12.0. The van der Waals surface area contributed by atoms with Crippen LogP contribution in [0.5, 0.6) is 0 Å². The van der Waals surface area contributed by atoms with Gasteiger partial charge in [0.25, 0.3) is 5.91 Å². The summed E-state index contributed by atoms with van der Waals surface area (Å²) in [5, 5.41) is 8.56. The Morgan fingerprint density at radius 3 is 2.72 bits per heavy atom. The van der Waals surface area contributed by atoms with E-state index in [0.717, 1.165) is 18.4 Å². The number of nitrogens with one attached hydrogen (secondary N) is 3. The average Bonchev–Trinajstić information content (AvgIpc) is 3.40. The predicted octanol–water partition coefficient (Wildman–Crippen LogP) is 3.08. The number of aryl methyl sites for hydroxylation is 1. The van der Waals surface area contributed by atoms with Crippen LogP contribution >= 0.6 is 0 Å². The van der Waals surface area contributed by atoms with Gasteiger partial charge in [0, 0.05) is 23.0 Å². The molecule has 0 atom stereocenters. The van der Waals surface area contributed by atoms with E-state index < -0.39 is 0 Å². The molecule has 2 aromatic carbocycles. The molecule has 0 unspecified atom stereocenters. The van der Waals surface area contributed by atoms with Crippen molar-refractivity contribution < 1.29 is 14.0 Å². The molecule has 2 amide bonds. The maximum absolute atomic E-state index is 13.3. The van der Waals surface area contributed by atoms with Gasteiger partial charge in [-0.1, -0.05) is 12.1 Å². The number of amides is 2. The molecule has 1 fully saturated rings. The molecule has 0 aromatic heterocycles. The van der Waals surface area contributed by atoms with Crippen LogP contribution in [0, 0.1) is 12.7 Å². The molecule has 130 valence electrons. The summed E-state index contributed by atoms with van der Waals surface area (Å²) in [5.41, 5.74) is 2.49. The molecular weight excluding hydrogens is 321 g/mol. The van der Waals surface area contributed by atoms with E-state index in [2.05, 4.69) is 16.0 Å². The minimum atomic E-state index is -0.358. The molecule has 1 saturated carbocycles. The van der Waals surface area contributed by atoms with Crippen LogP contribution in [0.25, 0.3) is 0 Å². The largest absolute Gasteiger partial charge is 0.376 e. The number of hydrogen-bond acceptors (Lipinski definition) is 3. The van der Waals surface area contributed by atoms with Crippen LogP contribution in [0.15, 0.2) is 42.5 Å². The van der Waals surface area contributed by atoms with Gasteiger partial charge in [0.15, 0.2) is 0 Å². The lowest BCUT2D eigenvalue weighted by atomic mass is 10.2. The standard InChI is InChI=1S/C19H20FN3O2/c1-12-5-6-14(20)10-17(12)21-11-18(24)22-16-4-2-3-13(9-16)19(25)23-15-7-8-15/h2-6,9-10,15,21H,7-8,11H2,1H3,(H,22,24)(H,23,25). The van der Waals surface area contributed by atoms with Crippen molar-refractivity contribution in [1.82, 2.24) is 5.32 Å². The zero-order valence-electron chi connectivity index (χ0n) is 13.9. The Balaban J connectivity index is 1.57. The van der Waals surface area contributed by atoms with Crippen LogP contribution in [0.1, 0.15) is 28.8 Å². The molecule has 3 rings (SSSR count). The lowest BCUT2D eigenvalue weighted by Crippen LogP contribution is -2.26. The maximum atomic E-state index is 13.3. The summed E-state index contributed by atoms with van der Waals surface area (Å²) in [6, 6.07) is 11.5. The van der Waals surface area contributed by atoms with Gasteiger partial charge in [0.2, 0.25) is 5.91 Å². The highest BCUT2D eigenvalue weighted by Gasteiger charge is 2.23. The van der Waals surface area contributed by atoms with Crippen LogP contribution in [-0.2, 0) is 4.79 Å². The second-order valence-electron chi connectivity index (χ2n) is 6.19. The number of anilines is 2. The molecule has 1 aliphatic rings. The Kier molecular flexibility index (Phi) is 4.97. The average molecular weight is 341 g/mol. The van der Waals surface area contributed by atoms with Gasteiger partial charge in [-0.2, -0.15) is 0 Å². The Morgan fingerprint density at radius 1 is 1.16 bits per heavy atom. The van der Waals surface area contributed by atoms with E-state index in [1.54, 1.807) is 30.3 Å². The molecule has 2 aromatic rings. The van der Waals surface area contributed by atoms with E-state index in [-0.39, 0.29) is 30.2 Å². The molecule has 0 spiro atoms. The molecule has 1 aliphatic carbocycles. The molecule has 0 saturated heterocycles. The number of halogens is 1.